The van der Waals surface area contributed by atoms with Gasteiger partial charge < -0.3 is 9.79 Å². The molecular formula is C7H15NNaO3P. The van der Waals surface area contributed by atoms with Gasteiger partial charge >= 0.3 is 82.9 Å². The summed E-state index contributed by atoms with van der Waals surface area (Å²) < 4.78 is 8.74. The first-order valence-corrected chi connectivity index (χ1v) is 6.08. The molecule has 0 radical (unpaired) electrons. The van der Waals surface area contributed by atoms with Gasteiger partial charge in [-0.1, -0.05) is 0 Å². The van der Waals surface area contributed by atoms with Crippen LogP contribution >= 0.6 is 8.25 Å². The third-order valence-corrected chi connectivity index (χ3v) is 2.04. The second-order valence-corrected chi connectivity index (χ2v) is 5.48. The molecule has 0 aliphatic carbocycles. The molecule has 0 unspecified atom stereocenters. The van der Waals surface area contributed by atoms with Crippen LogP contribution in [0.4, 0.5) is 0 Å². The Bertz CT molecular complexity index is 169. The van der Waals surface area contributed by atoms with Crippen LogP contribution in [0.25, 0.3) is 0 Å². The molecule has 0 aromatic heterocycles. The van der Waals surface area contributed by atoms with Crippen molar-refractivity contribution in [2.75, 3.05) is 0 Å². The van der Waals surface area contributed by atoms with E-state index < -0.39 is 8.25 Å². The molecule has 0 atom stereocenters. The minimum atomic E-state index is -3.13. The van der Waals surface area contributed by atoms with E-state index in [0.29, 0.717) is 0 Å². The van der Waals surface area contributed by atoms with Crippen LogP contribution in [0.2, 0.25) is 0 Å². The van der Waals surface area contributed by atoms with Crippen molar-refractivity contribution in [2.24, 2.45) is 5.73 Å². The van der Waals surface area contributed by atoms with E-state index in [9.17, 15) is 0 Å². The van der Waals surface area contributed by atoms with Crippen LogP contribution in [0.15, 0.2) is 25.3 Å². The third-order valence-electron chi connectivity index (χ3n) is 1.22. The summed E-state index contributed by atoms with van der Waals surface area (Å²) in [7, 11) is -3.13. The van der Waals surface area contributed by atoms with Gasteiger partial charge in [0.1, 0.15) is 0 Å². The van der Waals surface area contributed by atoms with Gasteiger partial charge in [0.05, 0.1) is 0 Å². The maximum Gasteiger partial charge on any atom is 0.314 e. The standard InChI is InChI=1S/C7H12N.Na.H3O3P/c1-3-5-7(8)6-4-2;;1-4(2)3/h3-4H,1-2,5-6,8H2;;4H,(H2,1,2,3). The van der Waals surface area contributed by atoms with Crippen LogP contribution in [-0.2, 0) is 4.57 Å². The first kappa shape index (κ1) is 16.0. The summed E-state index contributed by atoms with van der Waals surface area (Å²) in [6, 6.07) is 0. The predicted octanol–water partition coefficient (Wildman–Crippen LogP) is 0.323. The summed E-state index contributed by atoms with van der Waals surface area (Å²) in [5, 5.41) is 0. The van der Waals surface area contributed by atoms with Gasteiger partial charge in [-0.2, -0.15) is 0 Å². The number of nitrogens with two attached hydrogens (primary N) is 1. The molecule has 4 N–H and O–H groups in total. The van der Waals surface area contributed by atoms with Gasteiger partial charge in [0.15, 0.2) is 0 Å². The average molecular weight is 215 g/mol. The summed E-state index contributed by atoms with van der Waals surface area (Å²) in [5.74, 6) is 0. The second-order valence-electron chi connectivity index (χ2n) is 2.92. The molecule has 0 saturated carbocycles. The fraction of sp³-hybridized carbons (Fsp3) is 0.429. The quantitative estimate of drug-likeness (QED) is 0.358. The Balaban J connectivity index is 0. The molecule has 0 fully saturated rings. The van der Waals surface area contributed by atoms with Gasteiger partial charge in [-0.15, -0.1) is 0 Å². The Labute approximate surface area is 96.9 Å². The van der Waals surface area contributed by atoms with Crippen molar-refractivity contribution in [3.63, 3.8) is 0 Å². The number of hydrogen-bond donors (Lipinski definition) is 3. The van der Waals surface area contributed by atoms with Crippen molar-refractivity contribution >= 4 is 36.2 Å². The molecule has 0 aliphatic heterocycles. The Kier molecular flexibility index (Phi) is 11.3. The molecule has 0 spiro atoms. The van der Waals surface area contributed by atoms with Gasteiger partial charge in [0.25, 0.3) is 0 Å². The second kappa shape index (κ2) is 9.16. The molecule has 6 heteroatoms. The van der Waals surface area contributed by atoms with E-state index in [-0.39, 0.29) is 2.79 Å². The molecule has 0 aromatic rings. The summed E-state index contributed by atoms with van der Waals surface area (Å²) in [6.45, 7) is 7.27. The topological polar surface area (TPSA) is 83.6 Å². The van der Waals surface area contributed by atoms with Crippen LogP contribution in [-0.4, -0.2) is 40.5 Å². The fourth-order valence-electron chi connectivity index (χ4n) is 0.743. The van der Waals surface area contributed by atoms with Crippen molar-refractivity contribution in [1.29, 1.82) is 0 Å². The number of rotatable bonds is 4. The van der Waals surface area contributed by atoms with E-state index in [1.807, 2.05) is 12.2 Å². The molecule has 0 saturated heterocycles. The first-order valence-electron chi connectivity index (χ1n) is 3.78. The zero-order chi connectivity index (χ0) is 10.9. The Morgan fingerprint density at radius 2 is 1.62 bits per heavy atom. The fourth-order valence-corrected chi connectivity index (χ4v) is 1.32. The SMILES string of the molecule is C=CC[C](N)([Na])CC=C.O=[PH](O)O. The minimum Gasteiger partial charge on any atom is -0.326 e. The van der Waals surface area contributed by atoms with E-state index in [1.54, 1.807) is 0 Å². The smallest absolute Gasteiger partial charge is 0.314 e. The molecule has 0 aromatic carbocycles. The molecule has 0 bridgehead atoms. The summed E-state index contributed by atoms with van der Waals surface area (Å²) >= 11 is 1.00. The van der Waals surface area contributed by atoms with Gasteiger partial charge in [-0.25, -0.2) is 0 Å². The maximum atomic E-state index is 8.74. The van der Waals surface area contributed by atoms with Crippen molar-refractivity contribution in [2.45, 2.75) is 15.6 Å². The van der Waals surface area contributed by atoms with Crippen molar-refractivity contribution < 1.29 is 14.4 Å². The third kappa shape index (κ3) is 19.1. The van der Waals surface area contributed by atoms with Gasteiger partial charge in [-0.3, -0.25) is 4.57 Å². The van der Waals surface area contributed by atoms with E-state index in [2.05, 4.69) is 13.2 Å². The Morgan fingerprint density at radius 1 is 1.38 bits per heavy atom. The maximum absolute atomic E-state index is 8.74. The zero-order valence-corrected chi connectivity index (χ0v) is 10.9. The normalized spacial score (nSPS) is 10.3. The van der Waals surface area contributed by atoms with E-state index in [4.69, 9.17) is 20.1 Å². The van der Waals surface area contributed by atoms with Crippen LogP contribution in [0.1, 0.15) is 12.8 Å². The van der Waals surface area contributed by atoms with Crippen LogP contribution in [0, 0.1) is 0 Å². The van der Waals surface area contributed by atoms with Gasteiger partial charge in [0.2, 0.25) is 0 Å². The molecule has 13 heavy (non-hydrogen) atoms. The van der Waals surface area contributed by atoms with Gasteiger partial charge in [-0.05, 0) is 0 Å². The van der Waals surface area contributed by atoms with Crippen molar-refractivity contribution in [3.05, 3.63) is 25.3 Å². The zero-order valence-electron chi connectivity index (χ0n) is 7.86. The van der Waals surface area contributed by atoms with Gasteiger partial charge in [0, 0.05) is 0 Å². The van der Waals surface area contributed by atoms with Crippen LogP contribution in [0.5, 0.6) is 0 Å². The monoisotopic (exact) mass is 215 g/mol. The van der Waals surface area contributed by atoms with E-state index in [0.717, 1.165) is 40.8 Å². The molecule has 0 heterocycles. The Morgan fingerprint density at radius 3 is 1.77 bits per heavy atom. The number of hydrogen-bond acceptors (Lipinski definition) is 2. The summed E-state index contributed by atoms with van der Waals surface area (Å²) in [4.78, 5) is 14.3. The molecule has 72 valence electrons. The van der Waals surface area contributed by atoms with E-state index in [1.165, 1.54) is 0 Å². The van der Waals surface area contributed by atoms with E-state index >= 15 is 0 Å². The molecule has 0 rings (SSSR count). The molecular weight excluding hydrogens is 200 g/mol. The largest absolute Gasteiger partial charge is 0.326 e. The molecule has 0 aliphatic rings. The van der Waals surface area contributed by atoms with Crippen LogP contribution in [0.3, 0.4) is 0 Å². The Hall–Kier alpha value is 0.590. The molecule has 0 amide bonds. The average Bonchev–Trinajstić information content (AvgIpc) is 1.84. The molecule has 4 nitrogen and oxygen atoms in total. The summed E-state index contributed by atoms with van der Waals surface area (Å²) in [6.07, 6.45) is 5.56. The predicted molar refractivity (Wildman–Crippen MR) is 55.7 cm³/mol. The van der Waals surface area contributed by atoms with Crippen molar-refractivity contribution in [1.82, 2.24) is 0 Å². The minimum absolute atomic E-state index is 0.00347. The van der Waals surface area contributed by atoms with Crippen LogP contribution < -0.4 is 5.73 Å². The van der Waals surface area contributed by atoms with Crippen molar-refractivity contribution in [3.8, 4) is 0 Å². The summed E-state index contributed by atoms with van der Waals surface area (Å²) in [5.41, 5.74) is 5.86. The first-order chi connectivity index (χ1) is 5.85.